The highest BCUT2D eigenvalue weighted by Gasteiger charge is 2.43. The molecule has 0 unspecified atom stereocenters. The normalized spacial score (nSPS) is 19.7. The fraction of sp³-hybridized carbons (Fsp3) is 0.636. The molecule has 7 nitrogen and oxygen atoms in total. The maximum Gasteiger partial charge on any atom is 0.410 e. The Morgan fingerprint density at radius 1 is 1.03 bits per heavy atom. The van der Waals surface area contributed by atoms with E-state index in [0.29, 0.717) is 32.6 Å². The number of carbonyl (C=O) groups excluding carboxylic acids is 2. The van der Waals surface area contributed by atoms with Gasteiger partial charge in [-0.2, -0.15) is 0 Å². The lowest BCUT2D eigenvalue weighted by Crippen LogP contribution is -2.57. The van der Waals surface area contributed by atoms with Crippen LogP contribution in [0.3, 0.4) is 0 Å². The van der Waals surface area contributed by atoms with Gasteiger partial charge in [0.25, 0.3) is 0 Å². The predicted molar refractivity (Wildman–Crippen MR) is 113 cm³/mol. The lowest BCUT2D eigenvalue weighted by atomic mass is 9.98. The summed E-state index contributed by atoms with van der Waals surface area (Å²) in [6.45, 7) is 13.1. The molecule has 162 valence electrons. The van der Waals surface area contributed by atoms with Crippen LogP contribution >= 0.6 is 0 Å². The van der Waals surface area contributed by atoms with Crippen LogP contribution in [0, 0.1) is 0 Å². The summed E-state index contributed by atoms with van der Waals surface area (Å²) in [7, 11) is 0. The van der Waals surface area contributed by atoms with Gasteiger partial charge in [-0.05, 0) is 53.5 Å². The minimum Gasteiger partial charge on any atom is -0.444 e. The number of alkyl carbamates (subject to hydrolysis) is 1. The van der Waals surface area contributed by atoms with Crippen molar-refractivity contribution in [1.29, 1.82) is 0 Å². The molecule has 1 heterocycles. The first-order chi connectivity index (χ1) is 13.4. The van der Waals surface area contributed by atoms with Gasteiger partial charge in [-0.3, -0.25) is 0 Å². The molecule has 0 radical (unpaired) electrons. The van der Waals surface area contributed by atoms with E-state index in [0.717, 1.165) is 5.56 Å². The number of amides is 2. The van der Waals surface area contributed by atoms with Crippen LogP contribution in [0.1, 0.15) is 53.5 Å². The molecule has 0 aromatic heterocycles. The molecule has 29 heavy (non-hydrogen) atoms. The first-order valence-electron chi connectivity index (χ1n) is 10.1. The molecule has 0 bridgehead atoms. The number of nitrogens with one attached hydrogen (secondary N) is 2. The summed E-state index contributed by atoms with van der Waals surface area (Å²) in [5.41, 5.74) is -0.617. The lowest BCUT2D eigenvalue weighted by molar-refractivity contribution is 0.0261. The summed E-state index contributed by atoms with van der Waals surface area (Å²) in [6.07, 6.45) is -0.230. The van der Waals surface area contributed by atoms with Crippen LogP contribution in [0.4, 0.5) is 9.59 Å². The van der Waals surface area contributed by atoms with E-state index in [9.17, 15) is 9.59 Å². The Labute approximate surface area is 174 Å². The Morgan fingerprint density at radius 3 is 2.24 bits per heavy atom. The van der Waals surface area contributed by atoms with Crippen molar-refractivity contribution in [3.05, 3.63) is 35.9 Å². The zero-order chi connectivity index (χ0) is 21.7. The smallest absolute Gasteiger partial charge is 0.410 e. The van der Waals surface area contributed by atoms with Crippen LogP contribution in [0.25, 0.3) is 0 Å². The maximum absolute atomic E-state index is 12.5. The molecule has 0 saturated carbocycles. The Morgan fingerprint density at radius 2 is 1.66 bits per heavy atom. The Hall–Kier alpha value is -2.28. The minimum absolute atomic E-state index is 0.364. The van der Waals surface area contributed by atoms with E-state index in [1.54, 1.807) is 4.90 Å². The molecule has 2 N–H and O–H groups in total. The molecule has 1 fully saturated rings. The monoisotopic (exact) mass is 405 g/mol. The van der Waals surface area contributed by atoms with Crippen LogP contribution in [0.2, 0.25) is 0 Å². The van der Waals surface area contributed by atoms with Crippen molar-refractivity contribution < 1.29 is 19.1 Å². The molecule has 0 aliphatic carbocycles. The van der Waals surface area contributed by atoms with E-state index in [1.165, 1.54) is 0 Å². The summed E-state index contributed by atoms with van der Waals surface area (Å²) in [5.74, 6) is 0. The molecule has 1 aliphatic heterocycles. The van der Waals surface area contributed by atoms with Gasteiger partial charge in [0.2, 0.25) is 0 Å². The number of likely N-dealkylation sites (tertiary alicyclic amines) is 1. The first kappa shape index (κ1) is 23.0. The second kappa shape index (κ2) is 9.03. The van der Waals surface area contributed by atoms with Crippen molar-refractivity contribution in [3.63, 3.8) is 0 Å². The number of benzene rings is 1. The van der Waals surface area contributed by atoms with Crippen LogP contribution in [-0.4, -0.2) is 53.5 Å². The molecular weight excluding hydrogens is 370 g/mol. The van der Waals surface area contributed by atoms with Crippen molar-refractivity contribution in [2.45, 2.75) is 71.2 Å². The van der Waals surface area contributed by atoms with E-state index >= 15 is 0 Å². The van der Waals surface area contributed by atoms with Gasteiger partial charge in [0.05, 0.1) is 5.54 Å². The molecule has 1 atom stereocenters. The van der Waals surface area contributed by atoms with Gasteiger partial charge in [0.1, 0.15) is 11.2 Å². The van der Waals surface area contributed by atoms with Crippen molar-refractivity contribution in [3.8, 4) is 0 Å². The third-order valence-corrected chi connectivity index (χ3v) is 4.41. The zero-order valence-corrected chi connectivity index (χ0v) is 18.5. The van der Waals surface area contributed by atoms with Crippen LogP contribution in [0.15, 0.2) is 30.3 Å². The van der Waals surface area contributed by atoms with Gasteiger partial charge in [0.15, 0.2) is 0 Å². The van der Waals surface area contributed by atoms with Crippen molar-refractivity contribution in [1.82, 2.24) is 15.5 Å². The molecule has 1 aromatic carbocycles. The lowest BCUT2D eigenvalue weighted by Gasteiger charge is -2.32. The third kappa shape index (κ3) is 7.93. The van der Waals surface area contributed by atoms with E-state index in [2.05, 4.69) is 10.6 Å². The number of hydrogen-bond donors (Lipinski definition) is 2. The van der Waals surface area contributed by atoms with E-state index < -0.39 is 22.8 Å². The van der Waals surface area contributed by atoms with Crippen LogP contribution in [0.5, 0.6) is 0 Å². The van der Waals surface area contributed by atoms with Gasteiger partial charge >= 0.3 is 12.2 Å². The molecule has 1 saturated heterocycles. The molecule has 0 spiro atoms. The Bertz CT molecular complexity index is 694. The predicted octanol–water partition coefficient (Wildman–Crippen LogP) is 3.68. The van der Waals surface area contributed by atoms with Gasteiger partial charge < -0.3 is 25.0 Å². The summed E-state index contributed by atoms with van der Waals surface area (Å²) in [6, 6.07) is 10.0. The van der Waals surface area contributed by atoms with Crippen molar-refractivity contribution in [2.24, 2.45) is 0 Å². The van der Waals surface area contributed by atoms with Gasteiger partial charge in [-0.1, -0.05) is 30.3 Å². The minimum atomic E-state index is -0.617. The summed E-state index contributed by atoms with van der Waals surface area (Å²) < 4.78 is 11.0. The quantitative estimate of drug-likeness (QED) is 0.781. The summed E-state index contributed by atoms with van der Waals surface area (Å²) >= 11 is 0. The second-order valence-electron chi connectivity index (χ2n) is 9.65. The zero-order valence-electron chi connectivity index (χ0n) is 18.5. The van der Waals surface area contributed by atoms with E-state index in [4.69, 9.17) is 9.47 Å². The highest BCUT2D eigenvalue weighted by molar-refractivity contribution is 5.71. The van der Waals surface area contributed by atoms with Gasteiger partial charge in [-0.25, -0.2) is 9.59 Å². The molecular formula is C22H35N3O4. The average Bonchev–Trinajstić information content (AvgIpc) is 2.96. The van der Waals surface area contributed by atoms with Crippen LogP contribution < -0.4 is 10.6 Å². The number of nitrogens with zero attached hydrogens (tertiary/aromatic N) is 1. The molecule has 2 rings (SSSR count). The Kier molecular flexibility index (Phi) is 7.16. The largest absolute Gasteiger partial charge is 0.444 e. The molecule has 2 amide bonds. The van der Waals surface area contributed by atoms with E-state index in [-0.39, 0.29) is 6.09 Å². The first-order valence-corrected chi connectivity index (χ1v) is 10.1. The van der Waals surface area contributed by atoms with Gasteiger partial charge in [0, 0.05) is 26.2 Å². The molecule has 7 heteroatoms. The van der Waals surface area contributed by atoms with Crippen molar-refractivity contribution in [2.75, 3.05) is 19.6 Å². The third-order valence-electron chi connectivity index (χ3n) is 4.41. The summed E-state index contributed by atoms with van der Waals surface area (Å²) in [5, 5.41) is 6.42. The maximum atomic E-state index is 12.5. The highest BCUT2D eigenvalue weighted by atomic mass is 16.6. The highest BCUT2D eigenvalue weighted by Crippen LogP contribution is 2.24. The second-order valence-corrected chi connectivity index (χ2v) is 9.65. The number of carbonyl (C=O) groups is 2. The molecule has 1 aliphatic rings. The van der Waals surface area contributed by atoms with Crippen LogP contribution in [-0.2, 0) is 16.0 Å². The van der Waals surface area contributed by atoms with E-state index in [1.807, 2.05) is 71.9 Å². The van der Waals surface area contributed by atoms with Crippen molar-refractivity contribution >= 4 is 12.2 Å². The average molecular weight is 406 g/mol. The topological polar surface area (TPSA) is 79.9 Å². The number of hydrogen-bond acceptors (Lipinski definition) is 5. The van der Waals surface area contributed by atoms with Gasteiger partial charge in [-0.15, -0.1) is 0 Å². The standard InChI is InChI=1S/C22H35N3O4/c1-20(2,3)28-18(26)24-22(15-23-14-17-10-8-7-9-11-17)12-13-25(16-22)19(27)29-21(4,5)6/h7-11,23H,12-16H2,1-6H3,(H,24,26)/t22-/m0/s1. The molecule has 1 aromatic rings. The Balaban J connectivity index is 2.05. The fourth-order valence-electron chi connectivity index (χ4n) is 3.21. The number of rotatable bonds is 5. The fourth-order valence-corrected chi connectivity index (χ4v) is 3.21. The SMILES string of the molecule is CC(C)(C)OC(=O)N[C@]1(CNCc2ccccc2)CCN(C(=O)OC(C)(C)C)C1. The summed E-state index contributed by atoms with van der Waals surface area (Å²) in [4.78, 5) is 26.6. The number of ether oxygens (including phenoxy) is 2.